The molecule has 0 saturated heterocycles. The minimum absolute atomic E-state index is 0.102. The molecule has 0 rings (SSSR count). The summed E-state index contributed by atoms with van der Waals surface area (Å²) in [5.74, 6) is -0.963. The van der Waals surface area contributed by atoms with Crippen LogP contribution >= 0.6 is 0 Å². The first kappa shape index (κ1) is 65.6. The van der Waals surface area contributed by atoms with Gasteiger partial charge in [0.25, 0.3) is 0 Å². The smallest absolute Gasteiger partial charge is 0.306 e. The number of rotatable bonds is 52. The lowest BCUT2D eigenvalue weighted by Crippen LogP contribution is -2.30. The fraction of sp³-hybridized carbons (Fsp3) is 0.730. The van der Waals surface area contributed by atoms with Crippen molar-refractivity contribution in [2.24, 2.45) is 0 Å². The molecule has 6 heteroatoms. The van der Waals surface area contributed by atoms with E-state index in [1.807, 2.05) is 0 Å². The zero-order chi connectivity index (χ0) is 50.0. The van der Waals surface area contributed by atoms with Gasteiger partial charge in [-0.15, -0.1) is 0 Å². The van der Waals surface area contributed by atoms with Gasteiger partial charge in [-0.25, -0.2) is 0 Å². The molecule has 0 saturated carbocycles. The van der Waals surface area contributed by atoms with Gasteiger partial charge < -0.3 is 14.2 Å². The van der Waals surface area contributed by atoms with Gasteiger partial charge in [0.05, 0.1) is 0 Å². The second-order valence-electron chi connectivity index (χ2n) is 19.2. The predicted octanol–water partition coefficient (Wildman–Crippen LogP) is 19.5. The molecular weight excluding hydrogens is 853 g/mol. The van der Waals surface area contributed by atoms with Crippen LogP contribution in [0.1, 0.15) is 278 Å². The van der Waals surface area contributed by atoms with Crippen molar-refractivity contribution in [2.75, 3.05) is 13.2 Å². The molecule has 0 aromatic heterocycles. The van der Waals surface area contributed by atoms with E-state index in [1.54, 1.807) is 0 Å². The largest absolute Gasteiger partial charge is 0.462 e. The standard InChI is InChI=1S/C63H108O6/c1-4-7-10-13-16-19-22-25-28-31-34-37-40-43-46-49-52-55-61(64)67-58-60(69-63(66)57-54-51-48-45-42-39-36-33-30-27-24-21-18-15-12-9-6-3)59-68-62(65)56-53-50-47-44-41-38-35-32-29-26-23-20-17-14-11-8-5-2/h9,12,18,21,25-30,36,39,45,48,60H,4-8,10-11,13-17,19-20,22-24,31-35,37-38,40-44,46-47,49-59H2,1-3H3/b12-9-,21-18-,28-25-,29-26-,30-27-,39-36-,48-45-. The fourth-order valence-corrected chi connectivity index (χ4v) is 8.00. The van der Waals surface area contributed by atoms with Gasteiger partial charge in [-0.2, -0.15) is 0 Å². The van der Waals surface area contributed by atoms with Crippen LogP contribution in [0.4, 0.5) is 0 Å². The third-order valence-electron chi connectivity index (χ3n) is 12.4. The Bertz CT molecular complexity index is 1270. The van der Waals surface area contributed by atoms with Gasteiger partial charge in [0.2, 0.25) is 0 Å². The molecule has 0 aliphatic carbocycles. The Labute approximate surface area is 426 Å². The molecule has 0 radical (unpaired) electrons. The van der Waals surface area contributed by atoms with Crippen LogP contribution in [0.2, 0.25) is 0 Å². The summed E-state index contributed by atoms with van der Waals surface area (Å²) >= 11 is 0. The molecule has 0 fully saturated rings. The van der Waals surface area contributed by atoms with Crippen LogP contribution in [-0.2, 0) is 28.6 Å². The lowest BCUT2D eigenvalue weighted by molar-refractivity contribution is -0.167. The highest BCUT2D eigenvalue weighted by Gasteiger charge is 2.19. The molecule has 0 unspecified atom stereocenters. The molecule has 0 spiro atoms. The Morgan fingerprint density at radius 2 is 0.580 bits per heavy atom. The van der Waals surface area contributed by atoms with E-state index >= 15 is 0 Å². The van der Waals surface area contributed by atoms with Crippen LogP contribution < -0.4 is 0 Å². The van der Waals surface area contributed by atoms with E-state index in [9.17, 15) is 14.4 Å². The van der Waals surface area contributed by atoms with Crippen molar-refractivity contribution >= 4 is 17.9 Å². The van der Waals surface area contributed by atoms with Crippen molar-refractivity contribution in [1.82, 2.24) is 0 Å². The minimum atomic E-state index is -0.810. The fourth-order valence-electron chi connectivity index (χ4n) is 8.00. The van der Waals surface area contributed by atoms with Crippen LogP contribution in [0.25, 0.3) is 0 Å². The van der Waals surface area contributed by atoms with Gasteiger partial charge in [-0.1, -0.05) is 234 Å². The van der Waals surface area contributed by atoms with Gasteiger partial charge in [0, 0.05) is 19.3 Å². The highest BCUT2D eigenvalue weighted by atomic mass is 16.6. The maximum Gasteiger partial charge on any atom is 0.306 e. The van der Waals surface area contributed by atoms with Gasteiger partial charge in [-0.3, -0.25) is 14.4 Å². The molecule has 0 aromatic carbocycles. The average Bonchev–Trinajstić information content (AvgIpc) is 3.35. The Hall–Kier alpha value is -3.41. The first-order valence-corrected chi connectivity index (χ1v) is 29.1. The lowest BCUT2D eigenvalue weighted by Gasteiger charge is -2.18. The maximum absolute atomic E-state index is 12.8. The summed E-state index contributed by atoms with van der Waals surface area (Å²) in [6.45, 7) is 6.48. The number of hydrogen-bond acceptors (Lipinski definition) is 6. The van der Waals surface area contributed by atoms with E-state index in [2.05, 4.69) is 106 Å². The van der Waals surface area contributed by atoms with E-state index < -0.39 is 6.10 Å². The second-order valence-corrected chi connectivity index (χ2v) is 19.2. The second kappa shape index (κ2) is 57.2. The van der Waals surface area contributed by atoms with Crippen molar-refractivity contribution in [3.63, 3.8) is 0 Å². The predicted molar refractivity (Wildman–Crippen MR) is 297 cm³/mol. The third kappa shape index (κ3) is 55.4. The van der Waals surface area contributed by atoms with E-state index in [4.69, 9.17) is 14.2 Å². The van der Waals surface area contributed by atoms with Gasteiger partial charge >= 0.3 is 17.9 Å². The molecule has 0 aromatic rings. The molecule has 69 heavy (non-hydrogen) atoms. The Morgan fingerprint density at radius 1 is 0.304 bits per heavy atom. The molecule has 0 N–H and O–H groups in total. The first-order chi connectivity index (χ1) is 34.0. The average molecular weight is 962 g/mol. The number of ether oxygens (including phenoxy) is 3. The molecule has 0 bridgehead atoms. The van der Waals surface area contributed by atoms with Crippen molar-refractivity contribution in [2.45, 2.75) is 284 Å². The Kier molecular flexibility index (Phi) is 54.3. The maximum atomic E-state index is 12.8. The number of unbranched alkanes of at least 4 members (excludes halogenated alkanes) is 27. The first-order valence-electron chi connectivity index (χ1n) is 29.1. The number of allylic oxidation sites excluding steroid dienone is 14. The van der Waals surface area contributed by atoms with Crippen LogP contribution in [0, 0.1) is 0 Å². The SMILES string of the molecule is CC/C=C\C/C=C\C/C=C\C/C=C\C/C=C\CCCC(=O)OC(COC(=O)CCCCCCCCC/C=C\CCCCCCCC)COC(=O)CCCCCCCCC/C=C\CCCCCCCC. The molecular formula is C63H108O6. The van der Waals surface area contributed by atoms with E-state index in [0.717, 1.165) is 77.0 Å². The topological polar surface area (TPSA) is 78.9 Å². The van der Waals surface area contributed by atoms with Crippen LogP contribution in [0.15, 0.2) is 85.1 Å². The van der Waals surface area contributed by atoms with Crippen LogP contribution in [0.5, 0.6) is 0 Å². The summed E-state index contributed by atoms with van der Waals surface area (Å²) in [7, 11) is 0. The molecule has 0 aliphatic heterocycles. The highest BCUT2D eigenvalue weighted by Crippen LogP contribution is 2.15. The molecule has 0 atom stereocenters. The minimum Gasteiger partial charge on any atom is -0.462 e. The molecule has 0 heterocycles. The van der Waals surface area contributed by atoms with E-state index in [-0.39, 0.29) is 37.5 Å². The zero-order valence-corrected chi connectivity index (χ0v) is 45.3. The summed E-state index contributed by atoms with van der Waals surface area (Å²) in [5.41, 5.74) is 0. The van der Waals surface area contributed by atoms with E-state index in [1.165, 1.54) is 154 Å². The van der Waals surface area contributed by atoms with E-state index in [0.29, 0.717) is 19.3 Å². The highest BCUT2D eigenvalue weighted by molar-refractivity contribution is 5.71. The van der Waals surface area contributed by atoms with Gasteiger partial charge in [0.15, 0.2) is 6.10 Å². The molecule has 396 valence electrons. The summed E-state index contributed by atoms with van der Waals surface area (Å²) in [4.78, 5) is 38.2. The summed E-state index contributed by atoms with van der Waals surface area (Å²) in [6, 6.07) is 0. The van der Waals surface area contributed by atoms with Crippen molar-refractivity contribution in [3.05, 3.63) is 85.1 Å². The lowest BCUT2D eigenvalue weighted by atomic mass is 10.1. The number of esters is 3. The monoisotopic (exact) mass is 961 g/mol. The Balaban J connectivity index is 4.47. The van der Waals surface area contributed by atoms with Gasteiger partial charge in [0.1, 0.15) is 13.2 Å². The van der Waals surface area contributed by atoms with Crippen molar-refractivity contribution < 1.29 is 28.6 Å². The summed E-state index contributed by atoms with van der Waals surface area (Å²) < 4.78 is 16.8. The Morgan fingerprint density at radius 3 is 0.942 bits per heavy atom. The normalized spacial score (nSPS) is 12.3. The summed E-state index contributed by atoms with van der Waals surface area (Å²) in [5, 5.41) is 0. The molecule has 0 amide bonds. The quantitative estimate of drug-likeness (QED) is 0.0262. The molecule has 0 aliphatic rings. The number of carbonyl (C=O) groups is 3. The number of carbonyl (C=O) groups excluding carboxylic acids is 3. The summed E-state index contributed by atoms with van der Waals surface area (Å²) in [6.07, 6.45) is 74.3. The van der Waals surface area contributed by atoms with Crippen LogP contribution in [-0.4, -0.2) is 37.2 Å². The van der Waals surface area contributed by atoms with Crippen LogP contribution in [0.3, 0.4) is 0 Å². The van der Waals surface area contributed by atoms with Gasteiger partial charge in [-0.05, 0) is 109 Å². The van der Waals surface area contributed by atoms with Crippen molar-refractivity contribution in [3.8, 4) is 0 Å². The van der Waals surface area contributed by atoms with Crippen molar-refractivity contribution in [1.29, 1.82) is 0 Å². The third-order valence-corrected chi connectivity index (χ3v) is 12.4. The number of hydrogen-bond donors (Lipinski definition) is 0. The molecule has 6 nitrogen and oxygen atoms in total. The zero-order valence-electron chi connectivity index (χ0n) is 45.3.